The summed E-state index contributed by atoms with van der Waals surface area (Å²) >= 11 is 12.9. The van der Waals surface area contributed by atoms with Crippen molar-refractivity contribution in [3.8, 4) is 5.75 Å². The number of carbonyl (C=O) groups is 1. The molecule has 1 aromatic rings. The molecule has 0 fully saturated rings. The van der Waals surface area contributed by atoms with Crippen LogP contribution in [0.4, 0.5) is 0 Å². The van der Waals surface area contributed by atoms with E-state index < -0.39 is 5.97 Å². The monoisotopic (exact) mass is 512 g/mol. The zero-order valence-electron chi connectivity index (χ0n) is 7.14. The molecule has 0 saturated heterocycles. The van der Waals surface area contributed by atoms with Crippen molar-refractivity contribution >= 4 is 78.7 Å². The Morgan fingerprint density at radius 1 is 1.33 bits per heavy atom. The lowest BCUT2D eigenvalue weighted by atomic mass is 10.3. The maximum atomic E-state index is 11.5. The molecule has 0 heterocycles. The lowest BCUT2D eigenvalue weighted by Gasteiger charge is -2.05. The van der Waals surface area contributed by atoms with E-state index in [1.54, 1.807) is 24.3 Å². The number of esters is 1. The first-order valence-corrected chi connectivity index (χ1v) is 7.02. The van der Waals surface area contributed by atoms with Crippen LogP contribution in [0.15, 0.2) is 30.3 Å². The fourth-order valence-corrected chi connectivity index (χ4v) is 1.42. The Labute approximate surface area is 128 Å². The minimum atomic E-state index is -0.426. The Morgan fingerprint density at radius 2 is 1.93 bits per heavy atom. The van der Waals surface area contributed by atoms with Crippen LogP contribution >= 0.6 is 72.7 Å². The summed E-state index contributed by atoms with van der Waals surface area (Å²) < 4.78 is 6.28. The highest BCUT2D eigenvalue weighted by molar-refractivity contribution is 14.1. The van der Waals surface area contributed by atoms with Crippen molar-refractivity contribution in [2.45, 2.75) is 0 Å². The minimum absolute atomic E-state index is 0.364. The molecule has 0 saturated carbocycles. The van der Waals surface area contributed by atoms with E-state index in [-0.39, 0.29) is 0 Å². The van der Waals surface area contributed by atoms with Gasteiger partial charge in [0.15, 0.2) is 0 Å². The minimum Gasteiger partial charge on any atom is -0.421 e. The van der Waals surface area contributed by atoms with Crippen molar-refractivity contribution in [3.63, 3.8) is 0 Å². The van der Waals surface area contributed by atoms with Gasteiger partial charge in [0.05, 0.1) is 7.51 Å². The summed E-state index contributed by atoms with van der Waals surface area (Å²) in [6.07, 6.45) is 0. The molecule has 1 aromatic carbocycles. The van der Waals surface area contributed by atoms with E-state index in [9.17, 15) is 4.79 Å². The molecule has 80 valence electrons. The number of hydrogen-bond donors (Lipinski definition) is 0. The van der Waals surface area contributed by atoms with Gasteiger partial charge in [0.2, 0.25) is 0 Å². The van der Waals surface area contributed by atoms with E-state index in [4.69, 9.17) is 16.3 Å². The normalized spacial score (nSPS) is 12.0. The van der Waals surface area contributed by atoms with Crippen LogP contribution in [0.3, 0.4) is 0 Å². The maximum absolute atomic E-state index is 11.5. The summed E-state index contributed by atoms with van der Waals surface area (Å²) in [6, 6.07) is 6.84. The lowest BCUT2D eigenvalue weighted by Crippen LogP contribution is -2.08. The average Bonchev–Trinajstić information content (AvgIpc) is 2.20. The summed E-state index contributed by atoms with van der Waals surface area (Å²) in [4.78, 5) is 11.5. The van der Waals surface area contributed by atoms with Gasteiger partial charge in [-0.15, -0.1) is 0 Å². The first-order valence-electron chi connectivity index (χ1n) is 3.70. The zero-order valence-corrected chi connectivity index (χ0v) is 13.8. The molecule has 0 spiro atoms. The first-order chi connectivity index (χ1) is 7.02. The van der Waals surface area contributed by atoms with Crippen molar-refractivity contribution in [2.75, 3.05) is 0 Å². The molecular formula is C9H4BrClI2O2. The van der Waals surface area contributed by atoms with Crippen molar-refractivity contribution in [1.29, 1.82) is 0 Å². The molecule has 1 rings (SSSR count). The molecule has 0 aliphatic rings. The van der Waals surface area contributed by atoms with Gasteiger partial charge in [-0.1, -0.05) is 23.7 Å². The second kappa shape index (κ2) is 6.41. The lowest BCUT2D eigenvalue weighted by molar-refractivity contribution is -0.129. The molecule has 0 atom stereocenters. The number of rotatable bonds is 2. The van der Waals surface area contributed by atoms with Gasteiger partial charge in [0.25, 0.3) is 0 Å². The standard InChI is InChI=1S/C9H4BrClI2O2/c10-8(13)7(12)9(14)15-6-4-2-1-3-5(6)11/h1-4H. The Kier molecular flexibility index (Phi) is 5.86. The molecule has 0 aliphatic carbocycles. The number of carbonyl (C=O) groups excluding carboxylic acids is 1. The topological polar surface area (TPSA) is 26.3 Å². The van der Waals surface area contributed by atoms with Crippen LogP contribution in [0.25, 0.3) is 0 Å². The van der Waals surface area contributed by atoms with Crippen molar-refractivity contribution in [1.82, 2.24) is 0 Å². The molecule has 15 heavy (non-hydrogen) atoms. The van der Waals surface area contributed by atoms with Crippen molar-refractivity contribution < 1.29 is 9.53 Å². The van der Waals surface area contributed by atoms with Crippen molar-refractivity contribution in [2.24, 2.45) is 0 Å². The highest BCUT2D eigenvalue weighted by Gasteiger charge is 2.13. The van der Waals surface area contributed by atoms with Crippen LogP contribution in [-0.4, -0.2) is 5.97 Å². The quantitative estimate of drug-likeness (QED) is 0.249. The average molecular weight is 513 g/mol. The van der Waals surface area contributed by atoms with E-state index in [1.165, 1.54) is 0 Å². The SMILES string of the molecule is O=C(Oc1ccccc1Cl)C(I)=C(Br)I. The Bertz CT molecular complexity index is 416. The van der Waals surface area contributed by atoms with Gasteiger partial charge in [-0.2, -0.15) is 0 Å². The Hall–Kier alpha value is 0.660. The molecule has 0 bridgehead atoms. The zero-order chi connectivity index (χ0) is 11.4. The second-order valence-electron chi connectivity index (χ2n) is 2.39. The summed E-state index contributed by atoms with van der Waals surface area (Å²) in [5.41, 5.74) is 0. The molecular weight excluding hydrogens is 509 g/mol. The molecule has 2 nitrogen and oxygen atoms in total. The first kappa shape index (κ1) is 13.7. The van der Waals surface area contributed by atoms with Gasteiger partial charge >= 0.3 is 5.97 Å². The smallest absolute Gasteiger partial charge is 0.351 e. The third-order valence-corrected chi connectivity index (χ3v) is 5.39. The molecule has 0 amide bonds. The van der Waals surface area contributed by atoms with E-state index >= 15 is 0 Å². The van der Waals surface area contributed by atoms with Gasteiger partial charge in [-0.25, -0.2) is 4.79 Å². The molecule has 6 heteroatoms. The van der Waals surface area contributed by atoms with Crippen LogP contribution in [0.2, 0.25) is 5.02 Å². The van der Waals surface area contributed by atoms with E-state index in [1.807, 2.05) is 45.2 Å². The fraction of sp³-hybridized carbons (Fsp3) is 0. The Balaban J connectivity index is 2.85. The second-order valence-corrected chi connectivity index (χ2v) is 7.23. The number of hydrogen-bond acceptors (Lipinski definition) is 2. The molecule has 0 unspecified atom stereocenters. The van der Waals surface area contributed by atoms with Gasteiger partial charge < -0.3 is 4.74 Å². The number of para-hydroxylation sites is 1. The van der Waals surface area contributed by atoms with Crippen LogP contribution in [-0.2, 0) is 4.79 Å². The van der Waals surface area contributed by atoms with Gasteiger partial charge in [0.1, 0.15) is 9.33 Å². The number of halogens is 4. The fourth-order valence-electron chi connectivity index (χ4n) is 0.749. The third kappa shape index (κ3) is 4.20. The highest BCUT2D eigenvalue weighted by Crippen LogP contribution is 2.28. The molecule has 0 aliphatic heterocycles. The Morgan fingerprint density at radius 3 is 2.47 bits per heavy atom. The summed E-state index contributed by atoms with van der Waals surface area (Å²) in [5.74, 6) is -0.0616. The maximum Gasteiger partial charge on any atom is 0.351 e. The summed E-state index contributed by atoms with van der Waals surface area (Å²) in [7, 11) is 0. The molecule has 0 aromatic heterocycles. The number of benzene rings is 1. The van der Waals surface area contributed by atoms with Gasteiger partial charge in [0, 0.05) is 0 Å². The van der Waals surface area contributed by atoms with E-state index in [0.29, 0.717) is 16.8 Å². The van der Waals surface area contributed by atoms with Crippen LogP contribution < -0.4 is 4.74 Å². The van der Waals surface area contributed by atoms with Gasteiger partial charge in [-0.3, -0.25) is 0 Å². The predicted octanol–water partition coefficient (Wildman–Crippen LogP) is 4.68. The summed E-state index contributed by atoms with van der Waals surface area (Å²) in [6.45, 7) is 0. The highest BCUT2D eigenvalue weighted by atomic mass is 127. The van der Waals surface area contributed by atoms with Gasteiger partial charge in [-0.05, 0) is 73.2 Å². The third-order valence-electron chi connectivity index (χ3n) is 1.38. The molecule has 0 radical (unpaired) electrons. The van der Waals surface area contributed by atoms with E-state index in [2.05, 4.69) is 15.9 Å². The largest absolute Gasteiger partial charge is 0.421 e. The van der Waals surface area contributed by atoms with E-state index in [0.717, 1.165) is 0 Å². The van der Waals surface area contributed by atoms with Crippen molar-refractivity contribution in [3.05, 3.63) is 35.4 Å². The molecule has 0 N–H and O–H groups in total. The summed E-state index contributed by atoms with van der Waals surface area (Å²) in [5, 5.41) is 0.416. The predicted molar refractivity (Wildman–Crippen MR) is 81.1 cm³/mol. The van der Waals surface area contributed by atoms with Crippen LogP contribution in [0.5, 0.6) is 5.75 Å². The van der Waals surface area contributed by atoms with Crippen LogP contribution in [0, 0.1) is 0 Å². The van der Waals surface area contributed by atoms with Crippen LogP contribution in [0.1, 0.15) is 0 Å². The number of ether oxygens (including phenoxy) is 1.